The fraction of sp³-hybridized carbons (Fsp3) is 0.400. The molecule has 0 saturated heterocycles. The molecule has 110 valence electrons. The van der Waals surface area contributed by atoms with Crippen LogP contribution >= 0.6 is 0 Å². The molecule has 0 amide bonds. The summed E-state index contributed by atoms with van der Waals surface area (Å²) in [7, 11) is 0. The van der Waals surface area contributed by atoms with E-state index in [1.165, 1.54) is 0 Å². The summed E-state index contributed by atoms with van der Waals surface area (Å²) in [5.41, 5.74) is 0.320. The van der Waals surface area contributed by atoms with Crippen molar-refractivity contribution in [2.24, 2.45) is 5.41 Å². The number of nitrogens with zero attached hydrogens (tertiary/aromatic N) is 2. The van der Waals surface area contributed by atoms with Crippen LogP contribution in [0.5, 0.6) is 0 Å². The number of benzene rings is 1. The Morgan fingerprint density at radius 1 is 1.33 bits per heavy atom. The Hall–Kier alpha value is -2.21. The van der Waals surface area contributed by atoms with Gasteiger partial charge in [-0.15, -0.1) is 0 Å². The highest BCUT2D eigenvalue weighted by Crippen LogP contribution is 2.42. The largest absolute Gasteiger partial charge is 0.475 e. The Bertz CT molecular complexity index is 714. The van der Waals surface area contributed by atoms with E-state index >= 15 is 0 Å². The maximum Gasteiger partial charge on any atom is 0.374 e. The van der Waals surface area contributed by atoms with E-state index in [0.29, 0.717) is 17.8 Å². The second-order valence-corrected chi connectivity index (χ2v) is 5.99. The molecule has 1 aromatic heterocycles. The lowest BCUT2D eigenvalue weighted by Crippen LogP contribution is -2.57. The minimum Gasteiger partial charge on any atom is -0.475 e. The molecule has 1 fully saturated rings. The fourth-order valence-corrected chi connectivity index (χ4v) is 2.59. The summed E-state index contributed by atoms with van der Waals surface area (Å²) in [6.45, 7) is 3.95. The predicted molar refractivity (Wildman–Crippen MR) is 78.3 cm³/mol. The van der Waals surface area contributed by atoms with Gasteiger partial charge >= 0.3 is 5.97 Å². The summed E-state index contributed by atoms with van der Waals surface area (Å²) in [5, 5.41) is 23.0. The van der Waals surface area contributed by atoms with Crippen molar-refractivity contribution in [3.05, 3.63) is 30.1 Å². The number of carbonyl (C=O) groups is 1. The number of aromatic carboxylic acids is 1. The van der Waals surface area contributed by atoms with Gasteiger partial charge in [0.25, 0.3) is 0 Å². The van der Waals surface area contributed by atoms with E-state index in [1.54, 1.807) is 6.07 Å². The van der Waals surface area contributed by atoms with Gasteiger partial charge in [-0.05, 0) is 18.6 Å². The van der Waals surface area contributed by atoms with E-state index in [4.69, 9.17) is 5.11 Å². The first-order valence-corrected chi connectivity index (χ1v) is 6.84. The number of fused-ring (bicyclic) bond motifs is 1. The minimum atomic E-state index is -1.16. The van der Waals surface area contributed by atoms with Crippen molar-refractivity contribution in [1.29, 1.82) is 0 Å². The van der Waals surface area contributed by atoms with Crippen LogP contribution < -0.4 is 5.32 Å². The van der Waals surface area contributed by atoms with Crippen LogP contribution in [0.1, 0.15) is 30.9 Å². The maximum atomic E-state index is 11.2. The summed E-state index contributed by atoms with van der Waals surface area (Å²) in [6.07, 6.45) is 0.260. The van der Waals surface area contributed by atoms with Gasteiger partial charge in [-0.3, -0.25) is 0 Å². The van der Waals surface area contributed by atoms with E-state index in [9.17, 15) is 9.90 Å². The smallest absolute Gasteiger partial charge is 0.374 e. The summed E-state index contributed by atoms with van der Waals surface area (Å²) in [6, 6.07) is 7.33. The maximum absolute atomic E-state index is 11.2. The molecule has 1 aliphatic carbocycles. The number of carboxylic acids is 1. The lowest BCUT2D eigenvalue weighted by Gasteiger charge is -2.49. The van der Waals surface area contributed by atoms with Gasteiger partial charge in [-0.25, -0.2) is 14.8 Å². The zero-order valence-electron chi connectivity index (χ0n) is 11.9. The summed E-state index contributed by atoms with van der Waals surface area (Å²) < 4.78 is 0. The molecule has 0 bridgehead atoms. The van der Waals surface area contributed by atoms with Crippen molar-refractivity contribution < 1.29 is 15.0 Å². The molecule has 0 aliphatic heterocycles. The lowest BCUT2D eigenvalue weighted by molar-refractivity contribution is -0.0511. The van der Waals surface area contributed by atoms with Crippen molar-refractivity contribution in [2.45, 2.75) is 32.4 Å². The van der Waals surface area contributed by atoms with Crippen molar-refractivity contribution in [2.75, 3.05) is 5.32 Å². The van der Waals surface area contributed by atoms with E-state index < -0.39 is 5.97 Å². The number of aromatic nitrogens is 2. The molecule has 21 heavy (non-hydrogen) atoms. The van der Waals surface area contributed by atoms with Crippen molar-refractivity contribution >= 4 is 22.7 Å². The molecule has 1 heterocycles. The molecule has 6 heteroatoms. The molecule has 2 atom stereocenters. The highest BCUT2D eigenvalue weighted by atomic mass is 16.4. The summed E-state index contributed by atoms with van der Waals surface area (Å²) >= 11 is 0. The van der Waals surface area contributed by atoms with E-state index in [-0.39, 0.29) is 23.4 Å². The number of rotatable bonds is 3. The van der Waals surface area contributed by atoms with Gasteiger partial charge in [0.2, 0.25) is 5.82 Å². The molecule has 1 aromatic carbocycles. The first kappa shape index (κ1) is 13.8. The van der Waals surface area contributed by atoms with Gasteiger partial charge in [0.15, 0.2) is 0 Å². The monoisotopic (exact) mass is 287 g/mol. The van der Waals surface area contributed by atoms with Gasteiger partial charge in [0.05, 0.1) is 11.6 Å². The zero-order valence-corrected chi connectivity index (χ0v) is 11.9. The van der Waals surface area contributed by atoms with Crippen LogP contribution in [0, 0.1) is 5.41 Å². The molecule has 2 unspecified atom stereocenters. The molecular weight excluding hydrogens is 270 g/mol. The highest BCUT2D eigenvalue weighted by Gasteiger charge is 2.47. The van der Waals surface area contributed by atoms with Crippen molar-refractivity contribution in [3.8, 4) is 0 Å². The van der Waals surface area contributed by atoms with Crippen LogP contribution in [0.25, 0.3) is 10.9 Å². The quantitative estimate of drug-likeness (QED) is 0.798. The first-order chi connectivity index (χ1) is 9.89. The second-order valence-electron chi connectivity index (χ2n) is 5.99. The van der Waals surface area contributed by atoms with E-state index in [0.717, 1.165) is 5.39 Å². The molecule has 1 aliphatic rings. The first-order valence-electron chi connectivity index (χ1n) is 6.84. The summed E-state index contributed by atoms with van der Waals surface area (Å²) in [4.78, 5) is 19.3. The standard InChI is InChI=1S/C15H17N3O3/c1-15(2)10(7-11(15)19)17-12-8-5-3-4-6-9(8)16-13(18-12)14(20)21/h3-6,10-11,19H,7H2,1-2H3,(H,20,21)(H,16,17,18). The zero-order chi connectivity index (χ0) is 15.2. The van der Waals surface area contributed by atoms with Crippen molar-refractivity contribution in [1.82, 2.24) is 9.97 Å². The number of aliphatic hydroxyl groups excluding tert-OH is 1. The second kappa shape index (κ2) is 4.66. The predicted octanol–water partition coefficient (Wildman–Crippen LogP) is 1.90. The Labute approximate surface area is 121 Å². The molecule has 2 aromatic rings. The minimum absolute atomic E-state index is 0.0486. The number of hydrogen-bond acceptors (Lipinski definition) is 5. The van der Waals surface area contributed by atoms with E-state index in [2.05, 4.69) is 15.3 Å². The molecule has 3 rings (SSSR count). The van der Waals surface area contributed by atoms with Gasteiger partial charge in [-0.2, -0.15) is 0 Å². The Balaban J connectivity index is 2.03. The van der Waals surface area contributed by atoms with Gasteiger partial charge in [0, 0.05) is 16.8 Å². The number of anilines is 1. The summed E-state index contributed by atoms with van der Waals surface area (Å²) in [5.74, 6) is -0.881. The number of hydrogen-bond donors (Lipinski definition) is 3. The third kappa shape index (κ3) is 2.21. The van der Waals surface area contributed by atoms with Gasteiger partial charge in [-0.1, -0.05) is 26.0 Å². The molecule has 6 nitrogen and oxygen atoms in total. The molecule has 1 saturated carbocycles. The fourth-order valence-electron chi connectivity index (χ4n) is 2.59. The third-order valence-electron chi connectivity index (χ3n) is 4.32. The Morgan fingerprint density at radius 3 is 2.67 bits per heavy atom. The van der Waals surface area contributed by atoms with Gasteiger partial charge in [0.1, 0.15) is 5.82 Å². The number of nitrogens with one attached hydrogen (secondary N) is 1. The topological polar surface area (TPSA) is 95.3 Å². The number of para-hydroxylation sites is 1. The average Bonchev–Trinajstić information content (AvgIpc) is 2.46. The number of aliphatic hydroxyl groups is 1. The van der Waals surface area contributed by atoms with Crippen LogP contribution in [0.2, 0.25) is 0 Å². The normalized spacial score (nSPS) is 23.6. The SMILES string of the molecule is CC1(C)C(O)CC1Nc1nc(C(=O)O)nc2ccccc12. The average molecular weight is 287 g/mol. The van der Waals surface area contributed by atoms with Gasteiger partial charge < -0.3 is 15.5 Å². The molecule has 0 radical (unpaired) electrons. The molecule has 0 spiro atoms. The Kier molecular flexibility index (Phi) is 3.06. The van der Waals surface area contributed by atoms with Crippen LogP contribution in [0.3, 0.4) is 0 Å². The number of carboxylic acid groups (broad SMARTS) is 1. The lowest BCUT2D eigenvalue weighted by atomic mass is 9.64. The molecule has 3 N–H and O–H groups in total. The van der Waals surface area contributed by atoms with Crippen molar-refractivity contribution in [3.63, 3.8) is 0 Å². The highest BCUT2D eigenvalue weighted by molar-refractivity contribution is 5.93. The Morgan fingerprint density at radius 2 is 2.05 bits per heavy atom. The molecular formula is C15H17N3O3. The van der Waals surface area contributed by atoms with Crippen LogP contribution in [0.15, 0.2) is 24.3 Å². The third-order valence-corrected chi connectivity index (χ3v) is 4.32. The van der Waals surface area contributed by atoms with Crippen LogP contribution in [0.4, 0.5) is 5.82 Å². The van der Waals surface area contributed by atoms with Crippen LogP contribution in [-0.2, 0) is 0 Å². The van der Waals surface area contributed by atoms with Crippen LogP contribution in [-0.4, -0.2) is 38.3 Å². The van der Waals surface area contributed by atoms with E-state index in [1.807, 2.05) is 32.0 Å².